The summed E-state index contributed by atoms with van der Waals surface area (Å²) < 4.78 is 39.8. The molecule has 0 aliphatic heterocycles. The molecular formula is C27H30BrNO5S. The molecule has 0 fully saturated rings. The summed E-state index contributed by atoms with van der Waals surface area (Å²) in [5.74, 6) is 0.994. The van der Waals surface area contributed by atoms with Gasteiger partial charge in [-0.15, -0.1) is 0 Å². The molecule has 0 saturated carbocycles. The van der Waals surface area contributed by atoms with Crippen LogP contribution in [0.3, 0.4) is 0 Å². The summed E-state index contributed by atoms with van der Waals surface area (Å²) in [6.07, 6.45) is 1.47. The Balaban J connectivity index is 2.02. The summed E-state index contributed by atoms with van der Waals surface area (Å²) in [6, 6.07) is 17.2. The molecule has 0 spiro atoms. The predicted molar refractivity (Wildman–Crippen MR) is 142 cm³/mol. The average molecular weight is 561 g/mol. The van der Waals surface area contributed by atoms with Crippen LogP contribution in [0, 0.1) is 5.92 Å². The van der Waals surface area contributed by atoms with Gasteiger partial charge < -0.3 is 9.47 Å². The number of carbonyl (C=O) groups is 1. The monoisotopic (exact) mass is 559 g/mol. The highest BCUT2D eigenvalue weighted by molar-refractivity contribution is 9.10. The molecule has 6 nitrogen and oxygen atoms in total. The molecule has 0 unspecified atom stereocenters. The summed E-state index contributed by atoms with van der Waals surface area (Å²) in [5, 5.41) is 0. The van der Waals surface area contributed by atoms with Crippen LogP contribution in [0.15, 0.2) is 70.0 Å². The van der Waals surface area contributed by atoms with Crippen molar-refractivity contribution < 1.29 is 22.7 Å². The summed E-state index contributed by atoms with van der Waals surface area (Å²) in [5.41, 5.74) is 2.78. The third kappa shape index (κ3) is 6.86. The molecule has 1 N–H and O–H groups in total. The van der Waals surface area contributed by atoms with E-state index in [1.807, 2.05) is 45.0 Å². The van der Waals surface area contributed by atoms with Crippen LogP contribution >= 0.6 is 15.9 Å². The first-order chi connectivity index (χ1) is 16.6. The highest BCUT2D eigenvalue weighted by Gasteiger charge is 2.22. The number of carbonyl (C=O) groups excluding carboxylic acids is 1. The van der Waals surface area contributed by atoms with Gasteiger partial charge in [-0.3, -0.25) is 4.79 Å². The zero-order valence-corrected chi connectivity index (χ0v) is 22.7. The standard InChI is InChI=1S/C27H30BrNO5S/c1-5-13-34-26-12-10-22(33-4)17-25(26)19-9-11-24(20(15-19)14-18(2)3)27(30)29-35(31,32)23-8-6-7-21(28)16-23/h6-12,15-18H,5,13-14H2,1-4H3,(H,29,30). The van der Waals surface area contributed by atoms with E-state index in [9.17, 15) is 13.2 Å². The maximum atomic E-state index is 13.1. The number of ether oxygens (including phenoxy) is 2. The summed E-state index contributed by atoms with van der Waals surface area (Å²) in [6.45, 7) is 6.72. The number of benzene rings is 3. The van der Waals surface area contributed by atoms with Crippen molar-refractivity contribution in [2.24, 2.45) is 5.92 Å². The van der Waals surface area contributed by atoms with E-state index >= 15 is 0 Å². The van der Waals surface area contributed by atoms with E-state index in [4.69, 9.17) is 9.47 Å². The molecule has 0 aliphatic carbocycles. The van der Waals surface area contributed by atoms with Crippen molar-refractivity contribution in [3.8, 4) is 22.6 Å². The van der Waals surface area contributed by atoms with E-state index in [-0.39, 0.29) is 10.8 Å². The average Bonchev–Trinajstić information content (AvgIpc) is 2.82. The second-order valence-electron chi connectivity index (χ2n) is 8.57. The number of rotatable bonds is 10. The topological polar surface area (TPSA) is 81.7 Å². The Hall–Kier alpha value is -2.84. The maximum Gasteiger partial charge on any atom is 0.265 e. The van der Waals surface area contributed by atoms with Crippen molar-refractivity contribution in [3.63, 3.8) is 0 Å². The van der Waals surface area contributed by atoms with Gasteiger partial charge in [0.05, 0.1) is 18.6 Å². The zero-order valence-electron chi connectivity index (χ0n) is 20.3. The number of halogens is 1. The van der Waals surface area contributed by atoms with Gasteiger partial charge in [0.25, 0.3) is 15.9 Å². The molecule has 0 radical (unpaired) electrons. The van der Waals surface area contributed by atoms with Crippen molar-refractivity contribution in [2.75, 3.05) is 13.7 Å². The van der Waals surface area contributed by atoms with Gasteiger partial charge >= 0.3 is 0 Å². The first-order valence-electron chi connectivity index (χ1n) is 11.4. The third-order valence-corrected chi connectivity index (χ3v) is 7.09. The number of amides is 1. The molecule has 3 aromatic rings. The van der Waals surface area contributed by atoms with Crippen LogP contribution in [0.25, 0.3) is 11.1 Å². The Bertz CT molecular complexity index is 1300. The summed E-state index contributed by atoms with van der Waals surface area (Å²) in [7, 11) is -2.42. The molecular weight excluding hydrogens is 530 g/mol. The third-order valence-electron chi connectivity index (χ3n) is 5.27. The quantitative estimate of drug-likeness (QED) is 0.318. The maximum absolute atomic E-state index is 13.1. The lowest BCUT2D eigenvalue weighted by atomic mass is 9.93. The molecule has 35 heavy (non-hydrogen) atoms. The van der Waals surface area contributed by atoms with Crippen LogP contribution in [0.2, 0.25) is 0 Å². The highest BCUT2D eigenvalue weighted by atomic mass is 79.9. The van der Waals surface area contributed by atoms with E-state index < -0.39 is 15.9 Å². The van der Waals surface area contributed by atoms with Crippen LogP contribution in [0.1, 0.15) is 43.1 Å². The van der Waals surface area contributed by atoms with Gasteiger partial charge in [0.2, 0.25) is 0 Å². The Morgan fingerprint density at radius 3 is 2.49 bits per heavy atom. The molecule has 3 rings (SSSR count). The van der Waals surface area contributed by atoms with Gasteiger partial charge in [-0.1, -0.05) is 54.9 Å². The van der Waals surface area contributed by atoms with Gasteiger partial charge in [-0.05, 0) is 72.4 Å². The van der Waals surface area contributed by atoms with Crippen LogP contribution in [-0.4, -0.2) is 28.0 Å². The minimum absolute atomic E-state index is 0.0105. The van der Waals surface area contributed by atoms with Crippen LogP contribution in [-0.2, 0) is 16.4 Å². The summed E-state index contributed by atoms with van der Waals surface area (Å²) in [4.78, 5) is 13.1. The molecule has 3 aromatic carbocycles. The number of hydrogen-bond acceptors (Lipinski definition) is 5. The molecule has 0 aromatic heterocycles. The van der Waals surface area contributed by atoms with E-state index in [0.717, 1.165) is 28.9 Å². The van der Waals surface area contributed by atoms with Gasteiger partial charge in [0.1, 0.15) is 11.5 Å². The Kier molecular flexibility index (Phi) is 8.97. The van der Waals surface area contributed by atoms with Gasteiger partial charge in [0, 0.05) is 15.6 Å². The number of hydrogen-bond donors (Lipinski definition) is 1. The normalized spacial score (nSPS) is 11.4. The van der Waals surface area contributed by atoms with Crippen LogP contribution in [0.4, 0.5) is 0 Å². The molecule has 186 valence electrons. The molecule has 0 atom stereocenters. The van der Waals surface area contributed by atoms with Crippen molar-refractivity contribution in [2.45, 2.75) is 38.5 Å². The molecule has 0 aliphatic rings. The largest absolute Gasteiger partial charge is 0.497 e. The highest BCUT2D eigenvalue weighted by Crippen LogP contribution is 2.35. The van der Waals surface area contributed by atoms with Crippen molar-refractivity contribution in [1.82, 2.24) is 4.72 Å². The van der Waals surface area contributed by atoms with E-state index in [2.05, 4.69) is 20.7 Å². The van der Waals surface area contributed by atoms with E-state index in [1.165, 1.54) is 12.1 Å². The molecule has 8 heteroatoms. The van der Waals surface area contributed by atoms with Crippen molar-refractivity contribution >= 4 is 31.9 Å². The van der Waals surface area contributed by atoms with Crippen LogP contribution < -0.4 is 14.2 Å². The van der Waals surface area contributed by atoms with Crippen molar-refractivity contribution in [1.29, 1.82) is 0 Å². The number of sulfonamides is 1. The fourth-order valence-corrected chi connectivity index (χ4v) is 5.22. The fraction of sp³-hybridized carbons (Fsp3) is 0.296. The Morgan fingerprint density at radius 1 is 1.06 bits per heavy atom. The molecule has 0 heterocycles. The van der Waals surface area contributed by atoms with Gasteiger partial charge in [0.15, 0.2) is 0 Å². The van der Waals surface area contributed by atoms with Crippen LogP contribution in [0.5, 0.6) is 11.5 Å². The lowest BCUT2D eigenvalue weighted by Crippen LogP contribution is -2.31. The minimum atomic E-state index is -4.03. The Labute approximate surface area is 215 Å². The van der Waals surface area contributed by atoms with Gasteiger partial charge in [-0.2, -0.15) is 0 Å². The SMILES string of the molecule is CCCOc1ccc(OC)cc1-c1ccc(C(=O)NS(=O)(=O)c2cccc(Br)c2)c(CC(C)C)c1. The number of methoxy groups -OCH3 is 1. The first-order valence-corrected chi connectivity index (χ1v) is 13.7. The number of nitrogens with one attached hydrogen (secondary N) is 1. The zero-order chi connectivity index (χ0) is 25.6. The lowest BCUT2D eigenvalue weighted by Gasteiger charge is -2.17. The summed E-state index contributed by atoms with van der Waals surface area (Å²) >= 11 is 3.27. The fourth-order valence-electron chi connectivity index (χ4n) is 3.66. The van der Waals surface area contributed by atoms with E-state index in [0.29, 0.717) is 28.8 Å². The Morgan fingerprint density at radius 2 is 1.83 bits per heavy atom. The molecule has 0 bridgehead atoms. The smallest absolute Gasteiger partial charge is 0.265 e. The lowest BCUT2D eigenvalue weighted by molar-refractivity contribution is 0.0980. The van der Waals surface area contributed by atoms with E-state index in [1.54, 1.807) is 31.4 Å². The van der Waals surface area contributed by atoms with Crippen molar-refractivity contribution in [3.05, 3.63) is 76.3 Å². The minimum Gasteiger partial charge on any atom is -0.497 e. The predicted octanol–water partition coefficient (Wildman–Crippen LogP) is 6.23. The molecule has 1 amide bonds. The first kappa shape index (κ1) is 26.8. The molecule has 0 saturated heterocycles. The van der Waals surface area contributed by atoms with Gasteiger partial charge in [-0.25, -0.2) is 13.1 Å². The second kappa shape index (κ2) is 11.7. The second-order valence-corrected chi connectivity index (χ2v) is 11.2.